The minimum absolute atomic E-state index is 0.140. The van der Waals surface area contributed by atoms with Crippen LogP contribution in [0.5, 0.6) is 0 Å². The second-order valence-corrected chi connectivity index (χ2v) is 13.3. The van der Waals surface area contributed by atoms with Gasteiger partial charge in [-0.1, -0.05) is 123 Å². The molecule has 1 aliphatic rings. The monoisotopic (exact) mass is 617 g/mol. The van der Waals surface area contributed by atoms with Gasteiger partial charge < -0.3 is 13.7 Å². The highest BCUT2D eigenvalue weighted by Crippen LogP contribution is 2.52. The third-order valence-corrected chi connectivity index (χ3v) is 10.3. The van der Waals surface area contributed by atoms with E-state index >= 15 is 0 Å². The van der Waals surface area contributed by atoms with Gasteiger partial charge in [0, 0.05) is 43.9 Å². The van der Waals surface area contributed by atoms with E-state index in [1.807, 2.05) is 12.1 Å². The van der Waals surface area contributed by atoms with Crippen LogP contribution in [0.25, 0.3) is 66.1 Å². The van der Waals surface area contributed by atoms with Gasteiger partial charge in [0.1, 0.15) is 16.7 Å². The van der Waals surface area contributed by atoms with E-state index < -0.39 is 0 Å². The zero-order valence-corrected chi connectivity index (χ0v) is 26.7. The number of hydrogen-bond donors (Lipinski definition) is 0. The molecule has 1 aliphatic carbocycles. The topological polar surface area (TPSA) is 29.5 Å². The van der Waals surface area contributed by atoms with Gasteiger partial charge in [-0.05, 0) is 70.3 Å². The number of fused-ring (bicyclic) bond motifs is 9. The first-order valence-electron chi connectivity index (χ1n) is 16.5. The molecule has 0 fully saturated rings. The molecule has 0 spiro atoms. The first-order valence-corrected chi connectivity index (χ1v) is 16.5. The Hall–Kier alpha value is -6.06. The summed E-state index contributed by atoms with van der Waals surface area (Å²) in [5.74, 6) is 0. The summed E-state index contributed by atoms with van der Waals surface area (Å²) in [6.45, 7) is 4.67. The van der Waals surface area contributed by atoms with E-state index in [9.17, 15) is 0 Å². The van der Waals surface area contributed by atoms with Crippen molar-refractivity contribution in [2.75, 3.05) is 4.90 Å². The smallest absolute Gasteiger partial charge is 0.159 e. The largest absolute Gasteiger partial charge is 0.455 e. The van der Waals surface area contributed by atoms with Crippen molar-refractivity contribution < 1.29 is 8.83 Å². The Morgan fingerprint density at radius 2 is 1.08 bits per heavy atom. The van der Waals surface area contributed by atoms with Crippen LogP contribution in [-0.2, 0) is 5.41 Å². The molecule has 0 amide bonds. The summed E-state index contributed by atoms with van der Waals surface area (Å²) in [6.07, 6.45) is 0. The molecule has 3 heteroatoms. The summed E-state index contributed by atoms with van der Waals surface area (Å²) >= 11 is 0. The van der Waals surface area contributed by atoms with E-state index in [1.54, 1.807) is 0 Å². The third kappa shape index (κ3) is 3.82. The summed E-state index contributed by atoms with van der Waals surface area (Å²) in [5.41, 5.74) is 13.9. The average molecular weight is 618 g/mol. The Morgan fingerprint density at radius 1 is 0.438 bits per heavy atom. The van der Waals surface area contributed by atoms with Crippen molar-refractivity contribution in [1.29, 1.82) is 0 Å². The maximum Gasteiger partial charge on any atom is 0.159 e. The molecule has 2 heterocycles. The second-order valence-electron chi connectivity index (χ2n) is 13.3. The zero-order chi connectivity index (χ0) is 32.0. The van der Waals surface area contributed by atoms with Crippen molar-refractivity contribution >= 4 is 60.9 Å². The first-order chi connectivity index (χ1) is 23.6. The summed E-state index contributed by atoms with van der Waals surface area (Å²) < 4.78 is 13.3. The molecule has 7 aromatic carbocycles. The lowest BCUT2D eigenvalue weighted by molar-refractivity contribution is 0.660. The lowest BCUT2D eigenvalue weighted by Crippen LogP contribution is -2.16. The molecule has 0 atom stereocenters. The summed E-state index contributed by atoms with van der Waals surface area (Å²) in [5, 5.41) is 4.39. The summed E-state index contributed by atoms with van der Waals surface area (Å²) in [6, 6.07) is 54.0. The van der Waals surface area contributed by atoms with E-state index in [-0.39, 0.29) is 5.41 Å². The number of rotatable bonds is 4. The fourth-order valence-electron chi connectivity index (χ4n) is 7.94. The SMILES string of the molecule is CC1(C)c2ccccc2-c2ccc(N(c3cc(-c4ccccc4)c4oc5ccccc5c4c3)c3cccc4c3oc3ccccc34)cc21. The predicted molar refractivity (Wildman–Crippen MR) is 199 cm³/mol. The van der Waals surface area contributed by atoms with Crippen LogP contribution in [-0.4, -0.2) is 0 Å². The number of hydrogen-bond acceptors (Lipinski definition) is 3. The molecule has 0 aliphatic heterocycles. The third-order valence-electron chi connectivity index (χ3n) is 10.3. The number of nitrogens with zero attached hydrogens (tertiary/aromatic N) is 1. The minimum atomic E-state index is -0.140. The van der Waals surface area contributed by atoms with E-state index in [0.717, 1.165) is 72.1 Å². The van der Waals surface area contributed by atoms with Gasteiger partial charge in [0.05, 0.1) is 5.69 Å². The number of benzene rings is 7. The Labute approximate surface area is 278 Å². The number of para-hydroxylation sites is 3. The molecule has 9 aromatic rings. The predicted octanol–water partition coefficient (Wildman–Crippen LogP) is 12.9. The lowest BCUT2D eigenvalue weighted by atomic mass is 9.82. The van der Waals surface area contributed by atoms with Crippen LogP contribution in [0.15, 0.2) is 160 Å². The van der Waals surface area contributed by atoms with Gasteiger partial charge in [-0.3, -0.25) is 0 Å². The molecule has 228 valence electrons. The van der Waals surface area contributed by atoms with Gasteiger partial charge in [0.15, 0.2) is 5.58 Å². The van der Waals surface area contributed by atoms with Crippen LogP contribution in [0, 0.1) is 0 Å². The molecule has 0 unspecified atom stereocenters. The van der Waals surface area contributed by atoms with Crippen molar-refractivity contribution in [1.82, 2.24) is 0 Å². The average Bonchev–Trinajstić information content (AvgIpc) is 3.77. The van der Waals surface area contributed by atoms with Crippen LogP contribution >= 0.6 is 0 Å². The van der Waals surface area contributed by atoms with Gasteiger partial charge >= 0.3 is 0 Å². The second kappa shape index (κ2) is 9.97. The molecule has 0 saturated heterocycles. The number of anilines is 3. The molecular formula is C45H31NO2. The molecule has 48 heavy (non-hydrogen) atoms. The van der Waals surface area contributed by atoms with Crippen molar-refractivity contribution in [2.24, 2.45) is 0 Å². The van der Waals surface area contributed by atoms with Gasteiger partial charge in [-0.2, -0.15) is 0 Å². The minimum Gasteiger partial charge on any atom is -0.455 e. The van der Waals surface area contributed by atoms with Crippen molar-refractivity contribution in [3.8, 4) is 22.3 Å². The van der Waals surface area contributed by atoms with Crippen LogP contribution in [0.2, 0.25) is 0 Å². The highest BCUT2D eigenvalue weighted by molar-refractivity contribution is 6.13. The maximum absolute atomic E-state index is 6.69. The molecule has 10 rings (SSSR count). The van der Waals surface area contributed by atoms with Crippen LogP contribution < -0.4 is 4.90 Å². The van der Waals surface area contributed by atoms with Crippen molar-refractivity contribution in [3.05, 3.63) is 163 Å². The van der Waals surface area contributed by atoms with Gasteiger partial charge in [0.2, 0.25) is 0 Å². The maximum atomic E-state index is 6.69. The van der Waals surface area contributed by atoms with Crippen molar-refractivity contribution in [3.63, 3.8) is 0 Å². The van der Waals surface area contributed by atoms with E-state index in [2.05, 4.69) is 158 Å². The highest BCUT2D eigenvalue weighted by atomic mass is 16.3. The van der Waals surface area contributed by atoms with Gasteiger partial charge in [-0.25, -0.2) is 0 Å². The van der Waals surface area contributed by atoms with E-state index in [4.69, 9.17) is 8.83 Å². The first kappa shape index (κ1) is 27.1. The molecule has 2 aromatic heterocycles. The molecule has 3 nitrogen and oxygen atoms in total. The van der Waals surface area contributed by atoms with Gasteiger partial charge in [0.25, 0.3) is 0 Å². The Balaban J connectivity index is 1.30. The van der Waals surface area contributed by atoms with E-state index in [0.29, 0.717) is 0 Å². The zero-order valence-electron chi connectivity index (χ0n) is 26.7. The normalized spacial score (nSPS) is 13.4. The summed E-state index contributed by atoms with van der Waals surface area (Å²) in [7, 11) is 0. The fourth-order valence-corrected chi connectivity index (χ4v) is 7.94. The van der Waals surface area contributed by atoms with Crippen LogP contribution in [0.1, 0.15) is 25.0 Å². The fraction of sp³-hybridized carbons (Fsp3) is 0.0667. The highest BCUT2D eigenvalue weighted by Gasteiger charge is 2.36. The van der Waals surface area contributed by atoms with Crippen LogP contribution in [0.3, 0.4) is 0 Å². The molecule has 0 N–H and O–H groups in total. The Bertz CT molecular complexity index is 2710. The molecular weight excluding hydrogens is 587 g/mol. The standard InChI is InChI=1S/C45H31NO2/c1-45(2)38-19-9-6-15-31(38)32-24-23-29(27-39(32)45)46(40-20-12-18-35-33-16-7-10-21-41(33)48-44(35)40)30-25-36(28-13-4-3-5-14-28)43-37(26-30)34-17-8-11-22-42(34)47-43/h3-27H,1-2H3. The van der Waals surface area contributed by atoms with Gasteiger partial charge in [-0.15, -0.1) is 0 Å². The lowest BCUT2D eigenvalue weighted by Gasteiger charge is -2.28. The van der Waals surface area contributed by atoms with E-state index in [1.165, 1.54) is 22.3 Å². The molecule has 0 saturated carbocycles. The van der Waals surface area contributed by atoms with Crippen molar-refractivity contribution in [2.45, 2.75) is 19.3 Å². The molecule has 0 bridgehead atoms. The Kier molecular flexibility index (Phi) is 5.63. The number of furan rings is 2. The summed E-state index contributed by atoms with van der Waals surface area (Å²) in [4.78, 5) is 2.37. The molecule has 0 radical (unpaired) electrons. The quantitative estimate of drug-likeness (QED) is 0.197. The Morgan fingerprint density at radius 3 is 1.90 bits per heavy atom. The van der Waals surface area contributed by atoms with Crippen LogP contribution in [0.4, 0.5) is 17.1 Å².